The first kappa shape index (κ1) is 12.6. The summed E-state index contributed by atoms with van der Waals surface area (Å²) in [6.07, 6.45) is 0. The van der Waals surface area contributed by atoms with E-state index in [4.69, 9.17) is 0 Å². The number of nitrogens with zero attached hydrogens (tertiary/aromatic N) is 3. The number of aromatic nitrogens is 2. The first-order valence-corrected chi connectivity index (χ1v) is 6.89. The summed E-state index contributed by atoms with van der Waals surface area (Å²) in [5.41, 5.74) is 3.16. The van der Waals surface area contributed by atoms with Crippen LogP contribution >= 0.6 is 15.9 Å². The summed E-state index contributed by atoms with van der Waals surface area (Å²) in [4.78, 5) is 0. The molecule has 0 N–H and O–H groups in total. The summed E-state index contributed by atoms with van der Waals surface area (Å²) in [6, 6.07) is 21.5. The number of para-hydroxylation sites is 1. The molecule has 0 fully saturated rings. The molecule has 1 heterocycles. The van der Waals surface area contributed by atoms with E-state index in [-0.39, 0.29) is 0 Å². The second-order valence-corrected chi connectivity index (χ2v) is 5.20. The predicted molar refractivity (Wildman–Crippen MR) is 81.4 cm³/mol. The molecule has 3 nitrogen and oxygen atoms in total. The highest BCUT2D eigenvalue weighted by Crippen LogP contribution is 2.24. The van der Waals surface area contributed by atoms with Crippen LogP contribution in [0.4, 0.5) is 0 Å². The number of halogens is 1. The topological polar surface area (TPSA) is 41.6 Å². The van der Waals surface area contributed by atoms with Crippen molar-refractivity contribution in [2.75, 3.05) is 0 Å². The van der Waals surface area contributed by atoms with Crippen molar-refractivity contribution in [2.45, 2.75) is 0 Å². The summed E-state index contributed by atoms with van der Waals surface area (Å²) >= 11 is 3.45. The van der Waals surface area contributed by atoms with Gasteiger partial charge in [0.1, 0.15) is 11.8 Å². The highest BCUT2D eigenvalue weighted by molar-refractivity contribution is 9.10. The first-order chi connectivity index (χ1) is 9.78. The van der Waals surface area contributed by atoms with Gasteiger partial charge in [-0.05, 0) is 24.3 Å². The van der Waals surface area contributed by atoms with Crippen LogP contribution < -0.4 is 0 Å². The Bertz CT molecular complexity index is 785. The second kappa shape index (κ2) is 5.32. The van der Waals surface area contributed by atoms with Gasteiger partial charge in [-0.25, -0.2) is 4.68 Å². The molecule has 0 saturated heterocycles. The van der Waals surface area contributed by atoms with Crippen LogP contribution in [-0.2, 0) is 0 Å². The standard InChI is InChI=1S/C16H10BrN3/c17-13-6-4-5-12(9-13)16-10-15(11-18)20(19-16)14-7-2-1-3-8-14/h1-10H. The molecule has 0 aliphatic carbocycles. The zero-order valence-corrected chi connectivity index (χ0v) is 12.1. The number of hydrogen-bond donors (Lipinski definition) is 0. The summed E-state index contributed by atoms with van der Waals surface area (Å²) in [5.74, 6) is 0. The van der Waals surface area contributed by atoms with Crippen molar-refractivity contribution >= 4 is 15.9 Å². The van der Waals surface area contributed by atoms with Gasteiger partial charge in [0.05, 0.1) is 11.4 Å². The van der Waals surface area contributed by atoms with Gasteiger partial charge in [-0.15, -0.1) is 0 Å². The summed E-state index contributed by atoms with van der Waals surface area (Å²) in [5, 5.41) is 13.8. The van der Waals surface area contributed by atoms with Gasteiger partial charge < -0.3 is 0 Å². The molecule has 1 aromatic heterocycles. The molecule has 0 aliphatic rings. The van der Waals surface area contributed by atoms with Gasteiger partial charge >= 0.3 is 0 Å². The van der Waals surface area contributed by atoms with Crippen LogP contribution in [0.1, 0.15) is 5.69 Å². The summed E-state index contributed by atoms with van der Waals surface area (Å²) in [6.45, 7) is 0. The van der Waals surface area contributed by atoms with E-state index >= 15 is 0 Å². The molecule has 3 rings (SSSR count). The van der Waals surface area contributed by atoms with Gasteiger partial charge in [-0.2, -0.15) is 10.4 Å². The van der Waals surface area contributed by atoms with E-state index in [2.05, 4.69) is 27.1 Å². The lowest BCUT2D eigenvalue weighted by atomic mass is 10.1. The van der Waals surface area contributed by atoms with Crippen LogP contribution in [0.25, 0.3) is 16.9 Å². The average Bonchev–Trinajstić information content (AvgIpc) is 2.92. The molecule has 0 spiro atoms. The van der Waals surface area contributed by atoms with Crippen LogP contribution in [0.15, 0.2) is 65.1 Å². The fourth-order valence-corrected chi connectivity index (χ4v) is 2.41. The van der Waals surface area contributed by atoms with Crippen molar-refractivity contribution in [1.82, 2.24) is 9.78 Å². The van der Waals surface area contributed by atoms with Gasteiger partial charge in [-0.3, -0.25) is 0 Å². The van der Waals surface area contributed by atoms with E-state index in [1.165, 1.54) is 0 Å². The molecule has 0 amide bonds. The Labute approximate surface area is 125 Å². The Hall–Kier alpha value is -2.38. The Morgan fingerprint density at radius 1 is 1.00 bits per heavy atom. The van der Waals surface area contributed by atoms with Crippen molar-refractivity contribution in [2.24, 2.45) is 0 Å². The summed E-state index contributed by atoms with van der Waals surface area (Å²) < 4.78 is 2.65. The zero-order chi connectivity index (χ0) is 13.9. The zero-order valence-electron chi connectivity index (χ0n) is 10.5. The smallest absolute Gasteiger partial charge is 0.144 e. The Morgan fingerprint density at radius 2 is 1.80 bits per heavy atom. The minimum Gasteiger partial charge on any atom is -0.222 e. The predicted octanol–water partition coefficient (Wildman–Crippen LogP) is 4.17. The number of benzene rings is 2. The lowest BCUT2D eigenvalue weighted by molar-refractivity contribution is 0.870. The van der Waals surface area contributed by atoms with Crippen LogP contribution in [0, 0.1) is 11.3 Å². The van der Waals surface area contributed by atoms with Gasteiger partial charge in [0.2, 0.25) is 0 Å². The number of nitriles is 1. The van der Waals surface area contributed by atoms with Crippen LogP contribution in [0.5, 0.6) is 0 Å². The molecule has 0 atom stereocenters. The molecule has 0 aliphatic heterocycles. The minimum atomic E-state index is 0.520. The molecule has 4 heteroatoms. The Kier molecular flexibility index (Phi) is 3.36. The van der Waals surface area contributed by atoms with E-state index in [0.29, 0.717) is 5.69 Å². The summed E-state index contributed by atoms with van der Waals surface area (Å²) in [7, 11) is 0. The van der Waals surface area contributed by atoms with Crippen molar-refractivity contribution in [1.29, 1.82) is 5.26 Å². The molecule has 0 saturated carbocycles. The molecular formula is C16H10BrN3. The first-order valence-electron chi connectivity index (χ1n) is 6.09. The minimum absolute atomic E-state index is 0.520. The third-order valence-corrected chi connectivity index (χ3v) is 3.44. The van der Waals surface area contributed by atoms with Crippen molar-refractivity contribution in [3.8, 4) is 23.0 Å². The second-order valence-electron chi connectivity index (χ2n) is 4.28. The van der Waals surface area contributed by atoms with E-state index < -0.39 is 0 Å². The van der Waals surface area contributed by atoms with E-state index in [1.54, 1.807) is 10.7 Å². The molecule has 2 aromatic carbocycles. The maximum atomic E-state index is 9.27. The van der Waals surface area contributed by atoms with Gasteiger partial charge in [-0.1, -0.05) is 46.3 Å². The maximum absolute atomic E-state index is 9.27. The third kappa shape index (κ3) is 2.36. The van der Waals surface area contributed by atoms with Crippen molar-refractivity contribution in [3.63, 3.8) is 0 Å². The highest BCUT2D eigenvalue weighted by Gasteiger charge is 2.10. The molecule has 0 bridgehead atoms. The largest absolute Gasteiger partial charge is 0.222 e. The maximum Gasteiger partial charge on any atom is 0.144 e. The van der Waals surface area contributed by atoms with Crippen LogP contribution in [0.2, 0.25) is 0 Å². The van der Waals surface area contributed by atoms with Crippen molar-refractivity contribution < 1.29 is 0 Å². The van der Waals surface area contributed by atoms with Gasteiger partial charge in [0.15, 0.2) is 0 Å². The molecular weight excluding hydrogens is 314 g/mol. The Balaban J connectivity index is 2.13. The van der Waals surface area contributed by atoms with E-state index in [0.717, 1.165) is 21.4 Å². The van der Waals surface area contributed by atoms with E-state index in [9.17, 15) is 5.26 Å². The molecule has 3 aromatic rings. The highest BCUT2D eigenvalue weighted by atomic mass is 79.9. The average molecular weight is 324 g/mol. The molecule has 20 heavy (non-hydrogen) atoms. The third-order valence-electron chi connectivity index (χ3n) is 2.95. The molecule has 0 unspecified atom stereocenters. The monoisotopic (exact) mass is 323 g/mol. The van der Waals surface area contributed by atoms with Gasteiger partial charge in [0, 0.05) is 16.1 Å². The molecule has 96 valence electrons. The van der Waals surface area contributed by atoms with E-state index in [1.807, 2.05) is 54.6 Å². The quantitative estimate of drug-likeness (QED) is 0.710. The molecule has 0 radical (unpaired) electrons. The lowest BCUT2D eigenvalue weighted by Crippen LogP contribution is -1.98. The SMILES string of the molecule is N#Cc1cc(-c2cccc(Br)c2)nn1-c1ccccc1. The fraction of sp³-hybridized carbons (Fsp3) is 0. The normalized spacial score (nSPS) is 10.2. The van der Waals surface area contributed by atoms with Crippen molar-refractivity contribution in [3.05, 3.63) is 70.8 Å². The number of rotatable bonds is 2. The number of hydrogen-bond acceptors (Lipinski definition) is 2. The Morgan fingerprint density at radius 3 is 2.50 bits per heavy atom. The van der Waals surface area contributed by atoms with Gasteiger partial charge in [0.25, 0.3) is 0 Å². The van der Waals surface area contributed by atoms with Crippen LogP contribution in [0.3, 0.4) is 0 Å². The van der Waals surface area contributed by atoms with Crippen LogP contribution in [-0.4, -0.2) is 9.78 Å². The fourth-order valence-electron chi connectivity index (χ4n) is 2.02. The lowest BCUT2D eigenvalue weighted by Gasteiger charge is -2.01.